The van der Waals surface area contributed by atoms with Gasteiger partial charge in [0.15, 0.2) is 11.0 Å². The first-order valence-electron chi connectivity index (χ1n) is 9.26. The maximum atomic E-state index is 12.4. The minimum absolute atomic E-state index is 0.0411. The molecule has 2 aromatic carbocycles. The SMILES string of the molecule is Cc1cccc(-n2c(S[C@H](C)C(=O)NC3CC3)nnc2-c2ccc(Cl)cc2)c1. The van der Waals surface area contributed by atoms with E-state index in [0.717, 1.165) is 35.5 Å². The number of nitrogens with one attached hydrogen (secondary N) is 1. The van der Waals surface area contributed by atoms with Crippen LogP contribution in [0.4, 0.5) is 0 Å². The molecule has 7 heteroatoms. The van der Waals surface area contributed by atoms with Gasteiger partial charge in [0.25, 0.3) is 0 Å². The molecule has 0 unspecified atom stereocenters. The molecule has 3 aromatic rings. The van der Waals surface area contributed by atoms with E-state index in [1.807, 2.05) is 60.9 Å². The summed E-state index contributed by atoms with van der Waals surface area (Å²) in [5.41, 5.74) is 3.02. The second-order valence-electron chi connectivity index (χ2n) is 7.03. The average Bonchev–Trinajstić information content (AvgIpc) is 3.39. The summed E-state index contributed by atoms with van der Waals surface area (Å²) < 4.78 is 2.00. The molecule has 1 aliphatic rings. The quantitative estimate of drug-likeness (QED) is 0.598. The van der Waals surface area contributed by atoms with Crippen molar-refractivity contribution in [2.75, 3.05) is 0 Å². The van der Waals surface area contributed by atoms with E-state index in [0.29, 0.717) is 16.2 Å². The number of carbonyl (C=O) groups excluding carboxylic acids is 1. The molecule has 1 atom stereocenters. The maximum Gasteiger partial charge on any atom is 0.233 e. The van der Waals surface area contributed by atoms with Gasteiger partial charge in [-0.1, -0.05) is 35.5 Å². The van der Waals surface area contributed by atoms with Gasteiger partial charge in [0.2, 0.25) is 5.91 Å². The molecular formula is C21H21ClN4OS. The largest absolute Gasteiger partial charge is 0.352 e. The minimum Gasteiger partial charge on any atom is -0.352 e. The van der Waals surface area contributed by atoms with Crippen LogP contribution in [-0.4, -0.2) is 32.0 Å². The third-order valence-corrected chi connectivity index (χ3v) is 5.87. The molecule has 1 amide bonds. The van der Waals surface area contributed by atoms with Crippen LogP contribution in [0.2, 0.25) is 5.02 Å². The van der Waals surface area contributed by atoms with Crippen LogP contribution in [0.25, 0.3) is 17.1 Å². The summed E-state index contributed by atoms with van der Waals surface area (Å²) >= 11 is 7.46. The lowest BCUT2D eigenvalue weighted by Crippen LogP contribution is -2.32. The number of aryl methyl sites for hydroxylation is 1. The Morgan fingerprint density at radius 2 is 1.96 bits per heavy atom. The Labute approximate surface area is 173 Å². The molecule has 0 spiro atoms. The van der Waals surface area contributed by atoms with Crippen molar-refractivity contribution in [3.05, 3.63) is 59.1 Å². The van der Waals surface area contributed by atoms with Gasteiger partial charge in [-0.3, -0.25) is 9.36 Å². The van der Waals surface area contributed by atoms with E-state index < -0.39 is 0 Å². The highest BCUT2D eigenvalue weighted by molar-refractivity contribution is 8.00. The second-order valence-corrected chi connectivity index (χ2v) is 8.77. The normalized spacial score (nSPS) is 14.7. The third-order valence-electron chi connectivity index (χ3n) is 4.57. The van der Waals surface area contributed by atoms with E-state index in [-0.39, 0.29) is 11.2 Å². The van der Waals surface area contributed by atoms with Crippen LogP contribution in [0.15, 0.2) is 53.7 Å². The predicted octanol–water partition coefficient (Wildman–Crippen LogP) is 4.66. The third kappa shape index (κ3) is 4.23. The topological polar surface area (TPSA) is 59.8 Å². The number of thioether (sulfide) groups is 1. The Morgan fingerprint density at radius 3 is 2.64 bits per heavy atom. The van der Waals surface area contributed by atoms with Crippen molar-refractivity contribution in [1.29, 1.82) is 0 Å². The fourth-order valence-electron chi connectivity index (χ4n) is 2.89. The summed E-state index contributed by atoms with van der Waals surface area (Å²) in [4.78, 5) is 12.4. The van der Waals surface area contributed by atoms with Crippen molar-refractivity contribution in [1.82, 2.24) is 20.1 Å². The Bertz CT molecular complexity index is 998. The maximum absolute atomic E-state index is 12.4. The number of amides is 1. The van der Waals surface area contributed by atoms with Crippen molar-refractivity contribution in [3.8, 4) is 17.1 Å². The van der Waals surface area contributed by atoms with Gasteiger partial charge >= 0.3 is 0 Å². The molecule has 4 rings (SSSR count). The second kappa shape index (κ2) is 7.97. The fraction of sp³-hybridized carbons (Fsp3) is 0.286. The fourth-order valence-corrected chi connectivity index (χ4v) is 3.89. The molecule has 1 fully saturated rings. The Balaban J connectivity index is 1.71. The number of aromatic nitrogens is 3. The average molecular weight is 413 g/mol. The molecule has 1 aromatic heterocycles. The highest BCUT2D eigenvalue weighted by Gasteiger charge is 2.27. The summed E-state index contributed by atoms with van der Waals surface area (Å²) in [6, 6.07) is 16.0. The molecule has 0 bridgehead atoms. The standard InChI is InChI=1S/C21H21ClN4OS/c1-13-4-3-5-18(12-13)26-19(15-6-8-16(22)9-7-15)24-25-21(26)28-14(2)20(27)23-17-10-11-17/h3-9,12,14,17H,10-11H2,1-2H3,(H,23,27)/t14-/m1/s1. The first-order chi connectivity index (χ1) is 13.5. The van der Waals surface area contributed by atoms with Crippen molar-refractivity contribution < 1.29 is 4.79 Å². The zero-order valence-electron chi connectivity index (χ0n) is 15.7. The monoisotopic (exact) mass is 412 g/mol. The van der Waals surface area contributed by atoms with Crippen LogP contribution in [0, 0.1) is 6.92 Å². The summed E-state index contributed by atoms with van der Waals surface area (Å²) in [7, 11) is 0. The van der Waals surface area contributed by atoms with Gasteiger partial charge in [0.1, 0.15) is 0 Å². The number of rotatable bonds is 6. The Morgan fingerprint density at radius 1 is 1.21 bits per heavy atom. The highest BCUT2D eigenvalue weighted by atomic mass is 35.5. The molecular weight excluding hydrogens is 392 g/mol. The molecule has 5 nitrogen and oxygen atoms in total. The minimum atomic E-state index is -0.258. The molecule has 144 valence electrons. The van der Waals surface area contributed by atoms with Crippen LogP contribution in [0.3, 0.4) is 0 Å². The van der Waals surface area contributed by atoms with Crippen LogP contribution < -0.4 is 5.32 Å². The first-order valence-corrected chi connectivity index (χ1v) is 10.5. The zero-order valence-corrected chi connectivity index (χ0v) is 17.3. The summed E-state index contributed by atoms with van der Waals surface area (Å²) in [5.74, 6) is 0.763. The number of benzene rings is 2. The molecule has 0 aliphatic heterocycles. The van der Waals surface area contributed by atoms with Crippen LogP contribution >= 0.6 is 23.4 Å². The Hall–Kier alpha value is -2.31. The number of carbonyl (C=O) groups is 1. The van der Waals surface area contributed by atoms with E-state index in [2.05, 4.69) is 21.6 Å². The van der Waals surface area contributed by atoms with Gasteiger partial charge < -0.3 is 5.32 Å². The molecule has 28 heavy (non-hydrogen) atoms. The lowest BCUT2D eigenvalue weighted by molar-refractivity contribution is -0.120. The van der Waals surface area contributed by atoms with Crippen molar-refractivity contribution in [2.24, 2.45) is 0 Å². The summed E-state index contributed by atoms with van der Waals surface area (Å²) in [6.45, 7) is 3.95. The number of halogens is 1. The van der Waals surface area contributed by atoms with Crippen molar-refractivity contribution in [2.45, 2.75) is 43.1 Å². The molecule has 0 saturated heterocycles. The molecule has 1 heterocycles. The van der Waals surface area contributed by atoms with Gasteiger partial charge in [-0.25, -0.2) is 0 Å². The van der Waals surface area contributed by atoms with Gasteiger partial charge in [-0.05, 0) is 68.7 Å². The molecule has 0 radical (unpaired) electrons. The van der Waals surface area contributed by atoms with Gasteiger partial charge in [-0.2, -0.15) is 0 Å². The van der Waals surface area contributed by atoms with E-state index in [9.17, 15) is 4.79 Å². The summed E-state index contributed by atoms with van der Waals surface area (Å²) in [6.07, 6.45) is 2.15. The van der Waals surface area contributed by atoms with E-state index in [4.69, 9.17) is 11.6 Å². The van der Waals surface area contributed by atoms with E-state index >= 15 is 0 Å². The predicted molar refractivity (Wildman–Crippen MR) is 113 cm³/mol. The highest BCUT2D eigenvalue weighted by Crippen LogP contribution is 2.31. The Kier molecular flexibility index (Phi) is 5.42. The number of nitrogens with zero attached hydrogens (tertiary/aromatic N) is 3. The zero-order chi connectivity index (χ0) is 19.7. The first kappa shape index (κ1) is 19.0. The van der Waals surface area contributed by atoms with E-state index in [1.165, 1.54) is 11.8 Å². The van der Waals surface area contributed by atoms with Crippen LogP contribution in [-0.2, 0) is 4.79 Å². The lowest BCUT2D eigenvalue weighted by Gasteiger charge is -2.14. The van der Waals surface area contributed by atoms with Crippen LogP contribution in [0.1, 0.15) is 25.3 Å². The van der Waals surface area contributed by atoms with Crippen molar-refractivity contribution >= 4 is 29.3 Å². The van der Waals surface area contributed by atoms with E-state index in [1.54, 1.807) is 0 Å². The van der Waals surface area contributed by atoms with Crippen molar-refractivity contribution in [3.63, 3.8) is 0 Å². The van der Waals surface area contributed by atoms with Crippen LogP contribution in [0.5, 0.6) is 0 Å². The molecule has 1 saturated carbocycles. The smallest absolute Gasteiger partial charge is 0.233 e. The number of hydrogen-bond acceptors (Lipinski definition) is 4. The number of hydrogen-bond donors (Lipinski definition) is 1. The van der Waals surface area contributed by atoms with Gasteiger partial charge in [0, 0.05) is 22.3 Å². The molecule has 1 aliphatic carbocycles. The molecule has 1 N–H and O–H groups in total. The lowest BCUT2D eigenvalue weighted by atomic mass is 10.2. The summed E-state index contributed by atoms with van der Waals surface area (Å²) in [5, 5.41) is 13.0. The van der Waals surface area contributed by atoms with Gasteiger partial charge in [-0.15, -0.1) is 10.2 Å². The van der Waals surface area contributed by atoms with Gasteiger partial charge in [0.05, 0.1) is 5.25 Å².